The zero-order valence-electron chi connectivity index (χ0n) is 16.2. The van der Waals surface area contributed by atoms with Crippen molar-refractivity contribution in [3.8, 4) is 0 Å². The van der Waals surface area contributed by atoms with E-state index >= 15 is 0 Å². The minimum Gasteiger partial charge on any atom is -0.349 e. The Hall–Kier alpha value is -2.24. The zero-order chi connectivity index (χ0) is 20.4. The van der Waals surface area contributed by atoms with E-state index < -0.39 is 0 Å². The third-order valence-corrected chi connectivity index (χ3v) is 6.84. The van der Waals surface area contributed by atoms with E-state index in [0.717, 1.165) is 29.7 Å². The molecule has 1 aliphatic carbocycles. The molecule has 1 aliphatic heterocycles. The van der Waals surface area contributed by atoms with Crippen LogP contribution in [-0.2, 0) is 4.79 Å². The molecule has 29 heavy (non-hydrogen) atoms. The van der Waals surface area contributed by atoms with E-state index in [9.17, 15) is 9.59 Å². The second-order valence-corrected chi connectivity index (χ2v) is 9.19. The van der Waals surface area contributed by atoms with E-state index in [1.165, 1.54) is 18.2 Å². The molecule has 6 heteroatoms. The van der Waals surface area contributed by atoms with Gasteiger partial charge in [-0.05, 0) is 60.7 Å². The number of halogens is 1. The maximum Gasteiger partial charge on any atom is 0.262 e. The molecule has 0 saturated heterocycles. The van der Waals surface area contributed by atoms with Crippen molar-refractivity contribution in [1.29, 1.82) is 0 Å². The molecule has 2 N–H and O–H groups in total. The van der Waals surface area contributed by atoms with Gasteiger partial charge in [0.05, 0.1) is 10.6 Å². The van der Waals surface area contributed by atoms with Crippen molar-refractivity contribution in [1.82, 2.24) is 5.32 Å². The molecule has 2 aliphatic rings. The summed E-state index contributed by atoms with van der Waals surface area (Å²) in [4.78, 5) is 26.8. The molecule has 2 aromatic carbocycles. The molecule has 2 aromatic rings. The lowest BCUT2D eigenvalue weighted by Crippen LogP contribution is -2.41. The lowest BCUT2D eigenvalue weighted by molar-refractivity contribution is -0.112. The van der Waals surface area contributed by atoms with Crippen LogP contribution in [0, 0.1) is 5.92 Å². The molecule has 1 saturated carbocycles. The molecule has 0 spiro atoms. The van der Waals surface area contributed by atoms with Gasteiger partial charge in [-0.15, -0.1) is 0 Å². The summed E-state index contributed by atoms with van der Waals surface area (Å²) in [5, 5.41) is 6.71. The third kappa shape index (κ3) is 4.68. The van der Waals surface area contributed by atoms with Crippen molar-refractivity contribution >= 4 is 46.9 Å². The average molecular weight is 427 g/mol. The van der Waals surface area contributed by atoms with E-state index in [1.54, 1.807) is 12.1 Å². The summed E-state index contributed by atoms with van der Waals surface area (Å²) in [5.74, 6) is 0.242. The average Bonchev–Trinajstić information content (AvgIpc) is 2.70. The fourth-order valence-electron chi connectivity index (χ4n) is 3.83. The first-order valence-electron chi connectivity index (χ1n) is 9.91. The Bertz CT molecular complexity index is 989. The largest absolute Gasteiger partial charge is 0.349 e. The highest BCUT2D eigenvalue weighted by atomic mass is 35.5. The van der Waals surface area contributed by atoms with Gasteiger partial charge in [0.25, 0.3) is 11.8 Å². The van der Waals surface area contributed by atoms with Crippen molar-refractivity contribution in [3.63, 3.8) is 0 Å². The Kier molecular flexibility index (Phi) is 5.97. The number of anilines is 1. The Balaban J connectivity index is 1.51. The van der Waals surface area contributed by atoms with Gasteiger partial charge in [0.2, 0.25) is 0 Å². The number of carbonyl (C=O) groups excluding carboxylic acids is 2. The van der Waals surface area contributed by atoms with Gasteiger partial charge in [0, 0.05) is 21.5 Å². The van der Waals surface area contributed by atoms with Crippen LogP contribution in [0.15, 0.2) is 52.3 Å². The first-order chi connectivity index (χ1) is 14.0. The maximum atomic E-state index is 12.7. The molecule has 1 fully saturated rings. The highest BCUT2D eigenvalue weighted by molar-refractivity contribution is 8.04. The monoisotopic (exact) mass is 426 g/mol. The highest BCUT2D eigenvalue weighted by Gasteiger charge is 2.25. The number of hydrogen-bond donors (Lipinski definition) is 2. The van der Waals surface area contributed by atoms with Gasteiger partial charge in [0.15, 0.2) is 0 Å². The molecule has 2 atom stereocenters. The van der Waals surface area contributed by atoms with Crippen molar-refractivity contribution in [2.75, 3.05) is 5.32 Å². The van der Waals surface area contributed by atoms with Gasteiger partial charge in [-0.25, -0.2) is 0 Å². The van der Waals surface area contributed by atoms with Gasteiger partial charge in [0.1, 0.15) is 0 Å². The predicted octanol–water partition coefficient (Wildman–Crippen LogP) is 5.73. The number of rotatable bonds is 3. The molecule has 4 rings (SSSR count). The van der Waals surface area contributed by atoms with Gasteiger partial charge >= 0.3 is 0 Å². The quantitative estimate of drug-likeness (QED) is 0.616. The number of nitrogens with one attached hydrogen (secondary N) is 2. The lowest BCUT2D eigenvalue weighted by atomic mass is 9.86. The van der Waals surface area contributed by atoms with Gasteiger partial charge in [-0.3, -0.25) is 9.59 Å². The van der Waals surface area contributed by atoms with Crippen LogP contribution in [0.3, 0.4) is 0 Å². The van der Waals surface area contributed by atoms with E-state index in [4.69, 9.17) is 11.6 Å². The summed E-state index contributed by atoms with van der Waals surface area (Å²) in [5.41, 5.74) is 2.12. The summed E-state index contributed by atoms with van der Waals surface area (Å²) in [6, 6.07) is 13.1. The number of thioether (sulfide) groups is 1. The standard InChI is InChI=1S/C23H23ClN2O2S/c1-14-5-2-3-8-18(14)25-22(27)16-9-10-20-19(13-16)26-23(28)21(29-20)12-15-6-4-7-17(24)11-15/h4,6-7,9-14,18H,2-3,5,8H2,1H3,(H,25,27)(H,26,28)/b21-12+/t14-,18-/m0/s1. The molecule has 0 bridgehead atoms. The summed E-state index contributed by atoms with van der Waals surface area (Å²) in [7, 11) is 0. The topological polar surface area (TPSA) is 58.2 Å². The lowest BCUT2D eigenvalue weighted by Gasteiger charge is -2.29. The first-order valence-corrected chi connectivity index (χ1v) is 11.1. The molecule has 0 aromatic heterocycles. The number of fused-ring (bicyclic) bond motifs is 1. The fraction of sp³-hybridized carbons (Fsp3) is 0.304. The van der Waals surface area contributed by atoms with Gasteiger partial charge in [-0.1, -0.05) is 55.3 Å². The summed E-state index contributed by atoms with van der Waals surface area (Å²) in [6.45, 7) is 2.20. The molecule has 4 nitrogen and oxygen atoms in total. The number of carbonyl (C=O) groups is 2. The van der Waals surface area contributed by atoms with Crippen molar-refractivity contribution in [3.05, 3.63) is 63.5 Å². The van der Waals surface area contributed by atoms with Crippen molar-refractivity contribution in [2.24, 2.45) is 5.92 Å². The SMILES string of the molecule is C[C@H]1CCCC[C@@H]1NC(=O)c1ccc2c(c1)NC(=O)/C(=C\c1cccc(Cl)c1)S2. The van der Waals surface area contributed by atoms with Crippen LogP contribution in [0.4, 0.5) is 5.69 Å². The normalized spacial score (nSPS) is 22.7. The van der Waals surface area contributed by atoms with Gasteiger partial charge in [-0.2, -0.15) is 0 Å². The molecule has 0 radical (unpaired) electrons. The van der Waals surface area contributed by atoms with Crippen LogP contribution >= 0.6 is 23.4 Å². The van der Waals surface area contributed by atoms with Crippen LogP contribution in [0.1, 0.15) is 48.5 Å². The fourth-order valence-corrected chi connectivity index (χ4v) is 4.96. The van der Waals surface area contributed by atoms with Crippen LogP contribution < -0.4 is 10.6 Å². The second kappa shape index (κ2) is 8.64. The van der Waals surface area contributed by atoms with Crippen LogP contribution in [0.5, 0.6) is 0 Å². The third-order valence-electron chi connectivity index (χ3n) is 5.51. The first kappa shape index (κ1) is 20.0. The number of benzene rings is 2. The molecule has 150 valence electrons. The summed E-state index contributed by atoms with van der Waals surface area (Å²) < 4.78 is 0. The molecular formula is C23H23ClN2O2S. The molecule has 2 amide bonds. The Morgan fingerprint density at radius 3 is 2.83 bits per heavy atom. The van der Waals surface area contributed by atoms with E-state index in [1.807, 2.05) is 36.4 Å². The zero-order valence-corrected chi connectivity index (χ0v) is 17.8. The second-order valence-electron chi connectivity index (χ2n) is 7.67. The van der Waals surface area contributed by atoms with E-state index in [0.29, 0.717) is 27.1 Å². The van der Waals surface area contributed by atoms with Crippen molar-refractivity contribution in [2.45, 2.75) is 43.5 Å². The molecular weight excluding hydrogens is 404 g/mol. The van der Waals surface area contributed by atoms with Crippen molar-refractivity contribution < 1.29 is 9.59 Å². The van der Waals surface area contributed by atoms with E-state index in [-0.39, 0.29) is 17.9 Å². The Morgan fingerprint density at radius 2 is 2.03 bits per heavy atom. The van der Waals surface area contributed by atoms with Gasteiger partial charge < -0.3 is 10.6 Å². The minimum atomic E-state index is -0.180. The number of hydrogen-bond acceptors (Lipinski definition) is 3. The Labute approximate surface area is 180 Å². The summed E-state index contributed by atoms with van der Waals surface area (Å²) in [6.07, 6.45) is 6.40. The van der Waals surface area contributed by atoms with E-state index in [2.05, 4.69) is 17.6 Å². The van der Waals surface area contributed by atoms with Crippen LogP contribution in [0.2, 0.25) is 5.02 Å². The predicted molar refractivity (Wildman–Crippen MR) is 119 cm³/mol. The smallest absolute Gasteiger partial charge is 0.262 e. The van der Waals surface area contributed by atoms with Crippen LogP contribution in [-0.4, -0.2) is 17.9 Å². The van der Waals surface area contributed by atoms with Crippen LogP contribution in [0.25, 0.3) is 6.08 Å². The molecule has 1 heterocycles. The highest BCUT2D eigenvalue weighted by Crippen LogP contribution is 2.39. The number of amides is 2. The Morgan fingerprint density at radius 1 is 1.21 bits per heavy atom. The summed E-state index contributed by atoms with van der Waals surface area (Å²) >= 11 is 7.43. The maximum absolute atomic E-state index is 12.7. The minimum absolute atomic E-state index is 0.0777. The molecule has 0 unspecified atom stereocenters.